The minimum Gasteiger partial charge on any atom is -0.354 e. The predicted octanol–water partition coefficient (Wildman–Crippen LogP) is 3.50. The van der Waals surface area contributed by atoms with Gasteiger partial charge in [-0.25, -0.2) is 4.98 Å². The molecular weight excluding hydrogens is 334 g/mol. The first-order chi connectivity index (χ1) is 12.1. The van der Waals surface area contributed by atoms with Gasteiger partial charge >= 0.3 is 0 Å². The van der Waals surface area contributed by atoms with Crippen LogP contribution in [0.3, 0.4) is 0 Å². The van der Waals surface area contributed by atoms with Gasteiger partial charge < -0.3 is 10.2 Å². The van der Waals surface area contributed by atoms with Crippen molar-refractivity contribution in [3.8, 4) is 0 Å². The number of rotatable bonds is 5. The molecule has 25 heavy (non-hydrogen) atoms. The molecule has 0 bridgehead atoms. The summed E-state index contributed by atoms with van der Waals surface area (Å²) in [5.74, 6) is -0.0492. The lowest BCUT2D eigenvalue weighted by Gasteiger charge is -2.22. The first-order valence-corrected chi connectivity index (χ1v) is 9.21. The van der Waals surface area contributed by atoms with Crippen LogP contribution >= 0.6 is 11.8 Å². The Morgan fingerprint density at radius 3 is 2.84 bits per heavy atom. The first kappa shape index (κ1) is 17.5. The summed E-state index contributed by atoms with van der Waals surface area (Å²) in [6, 6.07) is 11.5. The van der Waals surface area contributed by atoms with Gasteiger partial charge in [-0.15, -0.1) is 0 Å². The zero-order valence-corrected chi connectivity index (χ0v) is 15.2. The maximum atomic E-state index is 13.0. The number of pyridine rings is 1. The Morgan fingerprint density at radius 2 is 2.04 bits per heavy atom. The number of aromatic nitrogens is 1. The molecule has 2 amide bonds. The molecule has 0 fully saturated rings. The third-order valence-corrected chi connectivity index (χ3v) is 4.93. The van der Waals surface area contributed by atoms with Crippen LogP contribution in [0.15, 0.2) is 52.5 Å². The fourth-order valence-corrected chi connectivity index (χ4v) is 3.79. The molecule has 0 unspecified atom stereocenters. The third kappa shape index (κ3) is 4.02. The van der Waals surface area contributed by atoms with Crippen molar-refractivity contribution < 1.29 is 9.59 Å². The van der Waals surface area contributed by atoms with Crippen LogP contribution in [0.4, 0.5) is 5.69 Å². The highest BCUT2D eigenvalue weighted by atomic mass is 32.2. The van der Waals surface area contributed by atoms with Crippen LogP contribution in [0.2, 0.25) is 0 Å². The average molecular weight is 355 g/mol. The van der Waals surface area contributed by atoms with E-state index in [1.54, 1.807) is 17.2 Å². The number of benzene rings is 1. The van der Waals surface area contributed by atoms with E-state index in [9.17, 15) is 9.59 Å². The van der Waals surface area contributed by atoms with Gasteiger partial charge in [0.25, 0.3) is 5.91 Å². The fourth-order valence-electron chi connectivity index (χ4n) is 2.77. The fraction of sp³-hybridized carbons (Fsp3) is 0.316. The van der Waals surface area contributed by atoms with Crippen molar-refractivity contribution in [2.45, 2.75) is 42.7 Å². The van der Waals surface area contributed by atoms with Gasteiger partial charge in [-0.3, -0.25) is 9.59 Å². The number of carbonyl (C=O) groups excluding carboxylic acids is 2. The van der Waals surface area contributed by atoms with Crippen LogP contribution in [-0.4, -0.2) is 29.4 Å². The Balaban J connectivity index is 1.82. The van der Waals surface area contributed by atoms with E-state index in [4.69, 9.17) is 0 Å². The molecule has 130 valence electrons. The molecule has 1 aromatic carbocycles. The van der Waals surface area contributed by atoms with Crippen LogP contribution in [0.1, 0.15) is 37.0 Å². The molecule has 2 heterocycles. The Hall–Kier alpha value is -2.34. The van der Waals surface area contributed by atoms with E-state index in [1.807, 2.05) is 44.2 Å². The molecule has 6 heteroatoms. The van der Waals surface area contributed by atoms with Gasteiger partial charge in [0.15, 0.2) is 0 Å². The second-order valence-corrected chi connectivity index (χ2v) is 7.24. The van der Waals surface area contributed by atoms with E-state index in [0.717, 1.165) is 15.6 Å². The Kier molecular flexibility index (Phi) is 5.38. The molecule has 1 N–H and O–H groups in total. The largest absolute Gasteiger partial charge is 0.354 e. The van der Waals surface area contributed by atoms with Gasteiger partial charge in [-0.2, -0.15) is 0 Å². The highest BCUT2D eigenvalue weighted by Gasteiger charge is 2.27. The van der Waals surface area contributed by atoms with Gasteiger partial charge in [-0.05, 0) is 44.5 Å². The molecule has 1 aliphatic rings. The number of anilines is 1. The molecule has 1 aliphatic heterocycles. The number of nitrogens with one attached hydrogen (secondary N) is 1. The van der Waals surface area contributed by atoms with E-state index in [-0.39, 0.29) is 17.9 Å². The van der Waals surface area contributed by atoms with Crippen LogP contribution in [0, 0.1) is 0 Å². The molecule has 3 rings (SSSR count). The van der Waals surface area contributed by atoms with Crippen LogP contribution < -0.4 is 10.2 Å². The second kappa shape index (κ2) is 7.70. The number of carbonyl (C=O) groups is 2. The van der Waals surface area contributed by atoms with Crippen LogP contribution in [-0.2, 0) is 4.79 Å². The molecule has 0 saturated carbocycles. The normalized spacial score (nSPS) is 13.2. The standard InChI is InChI=1S/C19H21N3O2S/c1-13(2)21-17(23)10-6-12-22-15-8-3-4-9-16(15)25-18-14(19(22)24)7-5-11-20-18/h3-5,7-9,11,13H,6,10,12H2,1-2H3,(H,21,23). The Morgan fingerprint density at radius 1 is 1.24 bits per heavy atom. The summed E-state index contributed by atoms with van der Waals surface area (Å²) in [5, 5.41) is 3.60. The molecule has 0 spiro atoms. The van der Waals surface area contributed by atoms with Crippen molar-refractivity contribution in [3.63, 3.8) is 0 Å². The summed E-state index contributed by atoms with van der Waals surface area (Å²) in [6.45, 7) is 4.37. The van der Waals surface area contributed by atoms with Crippen molar-refractivity contribution in [1.29, 1.82) is 0 Å². The summed E-state index contributed by atoms with van der Waals surface area (Å²) in [6.07, 6.45) is 2.71. The van der Waals surface area contributed by atoms with Crippen molar-refractivity contribution >= 4 is 29.3 Å². The average Bonchev–Trinajstić information content (AvgIpc) is 2.70. The third-order valence-electron chi connectivity index (χ3n) is 3.84. The smallest absolute Gasteiger partial charge is 0.261 e. The molecule has 0 radical (unpaired) electrons. The second-order valence-electron chi connectivity index (χ2n) is 6.21. The summed E-state index contributed by atoms with van der Waals surface area (Å²) in [4.78, 5) is 32.0. The van der Waals surface area contributed by atoms with Crippen molar-refractivity contribution in [1.82, 2.24) is 10.3 Å². The molecule has 1 aromatic heterocycles. The van der Waals surface area contributed by atoms with Crippen molar-refractivity contribution in [2.24, 2.45) is 0 Å². The Bertz CT molecular complexity index is 792. The highest BCUT2D eigenvalue weighted by Crippen LogP contribution is 2.40. The maximum Gasteiger partial charge on any atom is 0.261 e. The number of para-hydroxylation sites is 1. The number of nitrogens with zero attached hydrogens (tertiary/aromatic N) is 2. The van der Waals surface area contributed by atoms with E-state index < -0.39 is 0 Å². The lowest BCUT2D eigenvalue weighted by atomic mass is 10.2. The van der Waals surface area contributed by atoms with Gasteiger partial charge in [0.05, 0.1) is 11.3 Å². The molecule has 0 saturated heterocycles. The predicted molar refractivity (Wildman–Crippen MR) is 99.0 cm³/mol. The van der Waals surface area contributed by atoms with Crippen molar-refractivity contribution in [2.75, 3.05) is 11.4 Å². The van der Waals surface area contributed by atoms with E-state index in [0.29, 0.717) is 24.9 Å². The van der Waals surface area contributed by atoms with E-state index in [2.05, 4.69) is 10.3 Å². The van der Waals surface area contributed by atoms with E-state index in [1.165, 1.54) is 11.8 Å². The van der Waals surface area contributed by atoms with Crippen LogP contribution in [0.5, 0.6) is 0 Å². The maximum absolute atomic E-state index is 13.0. The van der Waals surface area contributed by atoms with E-state index >= 15 is 0 Å². The van der Waals surface area contributed by atoms with Gasteiger partial charge in [0.2, 0.25) is 5.91 Å². The molecule has 0 atom stereocenters. The van der Waals surface area contributed by atoms with Gasteiger partial charge in [-0.1, -0.05) is 23.9 Å². The monoisotopic (exact) mass is 355 g/mol. The topological polar surface area (TPSA) is 62.3 Å². The lowest BCUT2D eigenvalue weighted by molar-refractivity contribution is -0.121. The number of hydrogen-bond donors (Lipinski definition) is 1. The summed E-state index contributed by atoms with van der Waals surface area (Å²) < 4.78 is 0. The molecule has 2 aromatic rings. The van der Waals surface area contributed by atoms with Gasteiger partial charge in [0, 0.05) is 30.1 Å². The Labute approximate surface area is 151 Å². The first-order valence-electron chi connectivity index (χ1n) is 8.39. The number of amides is 2. The highest BCUT2D eigenvalue weighted by molar-refractivity contribution is 7.99. The molecule has 0 aliphatic carbocycles. The molecular formula is C19H21N3O2S. The van der Waals surface area contributed by atoms with Gasteiger partial charge in [0.1, 0.15) is 5.03 Å². The minimum atomic E-state index is -0.0650. The lowest BCUT2D eigenvalue weighted by Crippen LogP contribution is -2.34. The number of hydrogen-bond acceptors (Lipinski definition) is 4. The SMILES string of the molecule is CC(C)NC(=O)CCCN1C(=O)c2cccnc2Sc2ccccc21. The zero-order valence-electron chi connectivity index (χ0n) is 14.4. The summed E-state index contributed by atoms with van der Waals surface area (Å²) >= 11 is 1.51. The summed E-state index contributed by atoms with van der Waals surface area (Å²) in [7, 11) is 0. The quantitative estimate of drug-likeness (QED) is 0.892. The molecule has 5 nitrogen and oxygen atoms in total. The summed E-state index contributed by atoms with van der Waals surface area (Å²) in [5.41, 5.74) is 1.48. The number of fused-ring (bicyclic) bond motifs is 2. The van der Waals surface area contributed by atoms with Crippen LogP contribution in [0.25, 0.3) is 0 Å². The zero-order chi connectivity index (χ0) is 17.8. The minimum absolute atomic E-state index is 0.0157. The van der Waals surface area contributed by atoms with Crippen molar-refractivity contribution in [3.05, 3.63) is 48.2 Å².